The van der Waals surface area contributed by atoms with Gasteiger partial charge in [-0.3, -0.25) is 0 Å². The highest BCUT2D eigenvalue weighted by Crippen LogP contribution is 2.36. The molecule has 1 aliphatic heterocycles. The highest BCUT2D eigenvalue weighted by atomic mass is 32.2. The molecule has 122 valence electrons. The van der Waals surface area contributed by atoms with Gasteiger partial charge in [-0.1, -0.05) is 0 Å². The molecule has 3 rings (SSSR count). The Morgan fingerprint density at radius 2 is 1.87 bits per heavy atom. The molecule has 0 aromatic heterocycles. The van der Waals surface area contributed by atoms with Crippen LogP contribution in [0.3, 0.4) is 0 Å². The summed E-state index contributed by atoms with van der Waals surface area (Å²) in [5.41, 5.74) is 2.13. The third-order valence-electron chi connectivity index (χ3n) is 3.98. The van der Waals surface area contributed by atoms with Crippen molar-refractivity contribution in [2.24, 2.45) is 0 Å². The molecule has 23 heavy (non-hydrogen) atoms. The zero-order valence-electron chi connectivity index (χ0n) is 13.3. The molecule has 0 amide bonds. The fraction of sp³-hybridized carbons (Fsp3) is 0.333. The average molecular weight is 333 g/mol. The Balaban J connectivity index is 1.76. The van der Waals surface area contributed by atoms with Gasteiger partial charge >= 0.3 is 0 Å². The van der Waals surface area contributed by atoms with E-state index in [1.54, 1.807) is 32.0 Å². The molecular formula is C18H20FNO2S. The lowest BCUT2D eigenvalue weighted by Gasteiger charge is -2.26. The van der Waals surface area contributed by atoms with E-state index < -0.39 is 0 Å². The second kappa shape index (κ2) is 7.23. The van der Waals surface area contributed by atoms with E-state index in [0.717, 1.165) is 34.8 Å². The van der Waals surface area contributed by atoms with Crippen LogP contribution in [0.25, 0.3) is 0 Å². The number of ether oxygens (including phenoxy) is 2. The zero-order valence-corrected chi connectivity index (χ0v) is 14.1. The topological polar surface area (TPSA) is 30.5 Å². The van der Waals surface area contributed by atoms with Crippen LogP contribution in [-0.2, 0) is 6.54 Å². The van der Waals surface area contributed by atoms with Gasteiger partial charge in [0.05, 0.1) is 14.2 Å². The largest absolute Gasteiger partial charge is 0.497 e. The van der Waals surface area contributed by atoms with Crippen LogP contribution in [0.1, 0.15) is 23.6 Å². The van der Waals surface area contributed by atoms with Gasteiger partial charge in [0.1, 0.15) is 17.3 Å². The third-order valence-corrected chi connectivity index (χ3v) is 5.10. The van der Waals surface area contributed by atoms with Gasteiger partial charge in [0, 0.05) is 23.5 Å². The summed E-state index contributed by atoms with van der Waals surface area (Å²) in [6, 6.07) is 11.0. The van der Waals surface area contributed by atoms with Gasteiger partial charge in [-0.05, 0) is 53.6 Å². The Hall–Kier alpha value is -1.72. The minimum Gasteiger partial charge on any atom is -0.497 e. The molecule has 0 aliphatic carbocycles. The summed E-state index contributed by atoms with van der Waals surface area (Å²) in [7, 11) is 3.28. The van der Waals surface area contributed by atoms with Crippen LogP contribution in [0.5, 0.6) is 11.5 Å². The van der Waals surface area contributed by atoms with E-state index >= 15 is 0 Å². The first kappa shape index (κ1) is 16.1. The first-order valence-corrected chi connectivity index (χ1v) is 8.55. The van der Waals surface area contributed by atoms with Crippen LogP contribution in [-0.4, -0.2) is 20.0 Å². The molecule has 1 N–H and O–H groups in total. The van der Waals surface area contributed by atoms with Crippen LogP contribution in [0, 0.1) is 5.82 Å². The maximum absolute atomic E-state index is 13.6. The smallest absolute Gasteiger partial charge is 0.123 e. The van der Waals surface area contributed by atoms with Crippen molar-refractivity contribution in [2.45, 2.75) is 23.9 Å². The Bertz CT molecular complexity index is 670. The van der Waals surface area contributed by atoms with Crippen molar-refractivity contribution in [3.05, 3.63) is 53.3 Å². The SMILES string of the molecule is COc1cc(CNC2CCSc3ccc(F)cc32)cc(OC)c1. The van der Waals surface area contributed by atoms with E-state index in [9.17, 15) is 4.39 Å². The average Bonchev–Trinajstić information content (AvgIpc) is 2.59. The number of hydrogen-bond donors (Lipinski definition) is 1. The molecule has 0 saturated heterocycles. The normalized spacial score (nSPS) is 16.7. The summed E-state index contributed by atoms with van der Waals surface area (Å²) in [5, 5.41) is 3.53. The van der Waals surface area contributed by atoms with Crippen molar-refractivity contribution in [1.82, 2.24) is 5.32 Å². The molecule has 2 aromatic carbocycles. The molecule has 3 nitrogen and oxygen atoms in total. The van der Waals surface area contributed by atoms with Crippen molar-refractivity contribution in [3.63, 3.8) is 0 Å². The fourth-order valence-electron chi connectivity index (χ4n) is 2.79. The van der Waals surface area contributed by atoms with Crippen LogP contribution < -0.4 is 14.8 Å². The number of methoxy groups -OCH3 is 2. The van der Waals surface area contributed by atoms with E-state index in [2.05, 4.69) is 5.32 Å². The van der Waals surface area contributed by atoms with Crippen LogP contribution >= 0.6 is 11.8 Å². The standard InChI is InChI=1S/C18H20FNO2S/c1-21-14-7-12(8-15(10-14)22-2)11-20-17-5-6-23-18-4-3-13(19)9-16(17)18/h3-4,7-10,17,20H,5-6,11H2,1-2H3. The number of fused-ring (bicyclic) bond motifs is 1. The summed E-state index contributed by atoms with van der Waals surface area (Å²) in [6.07, 6.45) is 0.988. The Morgan fingerprint density at radius 3 is 2.57 bits per heavy atom. The van der Waals surface area contributed by atoms with Crippen LogP contribution in [0.2, 0.25) is 0 Å². The van der Waals surface area contributed by atoms with E-state index in [0.29, 0.717) is 6.54 Å². The van der Waals surface area contributed by atoms with Crippen molar-refractivity contribution in [1.29, 1.82) is 0 Å². The second-order valence-corrected chi connectivity index (χ2v) is 6.61. The predicted octanol–water partition coefficient (Wildman–Crippen LogP) is 4.17. The summed E-state index contributed by atoms with van der Waals surface area (Å²) in [4.78, 5) is 1.17. The molecular weight excluding hydrogens is 313 g/mol. The lowest BCUT2D eigenvalue weighted by Crippen LogP contribution is -2.24. The summed E-state index contributed by atoms with van der Waals surface area (Å²) in [6.45, 7) is 0.679. The molecule has 0 radical (unpaired) electrons. The molecule has 2 aromatic rings. The minimum absolute atomic E-state index is 0.166. The molecule has 0 fully saturated rings. The number of rotatable bonds is 5. The van der Waals surface area contributed by atoms with Crippen LogP contribution in [0.4, 0.5) is 4.39 Å². The number of benzene rings is 2. The first-order chi connectivity index (χ1) is 11.2. The van der Waals surface area contributed by atoms with Crippen LogP contribution in [0.15, 0.2) is 41.3 Å². The third kappa shape index (κ3) is 3.79. The highest BCUT2D eigenvalue weighted by molar-refractivity contribution is 7.99. The van der Waals surface area contributed by atoms with Crippen molar-refractivity contribution in [3.8, 4) is 11.5 Å². The van der Waals surface area contributed by atoms with Gasteiger partial charge in [-0.15, -0.1) is 11.8 Å². The Morgan fingerprint density at radius 1 is 1.13 bits per heavy atom. The Kier molecular flexibility index (Phi) is 5.08. The molecule has 1 unspecified atom stereocenters. The minimum atomic E-state index is -0.180. The van der Waals surface area contributed by atoms with E-state index in [1.807, 2.05) is 24.3 Å². The Labute approximate surface area is 140 Å². The molecule has 0 bridgehead atoms. The van der Waals surface area contributed by atoms with Crippen molar-refractivity contribution < 1.29 is 13.9 Å². The number of halogens is 1. The lowest BCUT2D eigenvalue weighted by atomic mass is 10.0. The van der Waals surface area contributed by atoms with E-state index in [1.165, 1.54) is 11.0 Å². The van der Waals surface area contributed by atoms with Gasteiger partial charge in [0.2, 0.25) is 0 Å². The predicted molar refractivity (Wildman–Crippen MR) is 90.9 cm³/mol. The molecule has 0 spiro atoms. The van der Waals surface area contributed by atoms with Crippen molar-refractivity contribution in [2.75, 3.05) is 20.0 Å². The molecule has 1 heterocycles. The van der Waals surface area contributed by atoms with E-state index in [4.69, 9.17) is 9.47 Å². The van der Waals surface area contributed by atoms with Crippen molar-refractivity contribution >= 4 is 11.8 Å². The monoisotopic (exact) mass is 333 g/mol. The maximum Gasteiger partial charge on any atom is 0.123 e. The molecule has 0 saturated carbocycles. The second-order valence-electron chi connectivity index (χ2n) is 5.47. The number of thioether (sulfide) groups is 1. The van der Waals surface area contributed by atoms with Gasteiger partial charge < -0.3 is 14.8 Å². The summed E-state index contributed by atoms with van der Waals surface area (Å²) < 4.78 is 24.2. The summed E-state index contributed by atoms with van der Waals surface area (Å²) >= 11 is 1.79. The molecule has 1 atom stereocenters. The van der Waals surface area contributed by atoms with Gasteiger partial charge in [0.25, 0.3) is 0 Å². The highest BCUT2D eigenvalue weighted by Gasteiger charge is 2.21. The van der Waals surface area contributed by atoms with Gasteiger partial charge in [0.15, 0.2) is 0 Å². The summed E-state index contributed by atoms with van der Waals surface area (Å²) in [5.74, 6) is 2.40. The quantitative estimate of drug-likeness (QED) is 0.890. The van der Waals surface area contributed by atoms with Gasteiger partial charge in [-0.25, -0.2) is 4.39 Å². The fourth-order valence-corrected chi connectivity index (χ4v) is 3.89. The van der Waals surface area contributed by atoms with E-state index in [-0.39, 0.29) is 11.9 Å². The number of nitrogens with one attached hydrogen (secondary N) is 1. The zero-order chi connectivity index (χ0) is 16.2. The molecule has 5 heteroatoms. The van der Waals surface area contributed by atoms with Gasteiger partial charge in [-0.2, -0.15) is 0 Å². The number of hydrogen-bond acceptors (Lipinski definition) is 4. The maximum atomic E-state index is 13.6. The first-order valence-electron chi connectivity index (χ1n) is 7.57. The lowest BCUT2D eigenvalue weighted by molar-refractivity contribution is 0.392. The molecule has 1 aliphatic rings.